The Morgan fingerprint density at radius 2 is 2.62 bits per heavy atom. The van der Waals surface area contributed by atoms with Gasteiger partial charge in [0.15, 0.2) is 0 Å². The highest BCUT2D eigenvalue weighted by atomic mass is 16.3. The van der Waals surface area contributed by atoms with Gasteiger partial charge in [-0.05, 0) is 24.8 Å². The van der Waals surface area contributed by atoms with E-state index in [1.807, 2.05) is 6.08 Å². The zero-order valence-electron chi connectivity index (χ0n) is 5.22. The molecule has 1 heteroatoms. The molecule has 8 heavy (non-hydrogen) atoms. The Balaban J connectivity index is 2.41. The van der Waals surface area contributed by atoms with E-state index in [9.17, 15) is 0 Å². The van der Waals surface area contributed by atoms with Crippen LogP contribution < -0.4 is 0 Å². The van der Waals surface area contributed by atoms with Crippen molar-refractivity contribution in [2.45, 2.75) is 26.2 Å². The Kier molecular flexibility index (Phi) is 1.56. The predicted octanol–water partition coefficient (Wildman–Crippen LogP) is 2.25. The molecule has 0 aromatic heterocycles. The van der Waals surface area contributed by atoms with Crippen LogP contribution in [0.2, 0.25) is 0 Å². The van der Waals surface area contributed by atoms with Gasteiger partial charge < -0.3 is 5.11 Å². The lowest BCUT2D eigenvalue weighted by atomic mass is 10.1. The summed E-state index contributed by atoms with van der Waals surface area (Å²) in [7, 11) is 0. The molecule has 1 N–H and O–H groups in total. The summed E-state index contributed by atoms with van der Waals surface area (Å²) < 4.78 is 0. The minimum absolute atomic E-state index is 0.594. The molecule has 0 aliphatic heterocycles. The fourth-order valence-corrected chi connectivity index (χ4v) is 1.09. The fourth-order valence-electron chi connectivity index (χ4n) is 1.09. The summed E-state index contributed by atoms with van der Waals surface area (Å²) in [5, 5.41) is 8.89. The molecule has 1 aliphatic carbocycles. The second kappa shape index (κ2) is 2.21. The molecule has 0 aromatic carbocycles. The van der Waals surface area contributed by atoms with Gasteiger partial charge >= 0.3 is 0 Å². The largest absolute Gasteiger partial charge is 0.513 e. The second-order valence-electron chi connectivity index (χ2n) is 2.37. The van der Waals surface area contributed by atoms with Crippen molar-refractivity contribution in [3.63, 3.8) is 0 Å². The molecular formula is C7H12O. The normalized spacial score (nSPS) is 28.1. The van der Waals surface area contributed by atoms with E-state index in [4.69, 9.17) is 5.11 Å². The van der Waals surface area contributed by atoms with Crippen molar-refractivity contribution in [3.8, 4) is 0 Å². The Labute approximate surface area is 50.0 Å². The smallest absolute Gasteiger partial charge is 0.0885 e. The van der Waals surface area contributed by atoms with E-state index in [-0.39, 0.29) is 0 Å². The van der Waals surface area contributed by atoms with Crippen LogP contribution in [-0.2, 0) is 0 Å². The van der Waals surface area contributed by atoms with Crippen LogP contribution >= 0.6 is 0 Å². The minimum atomic E-state index is 0.594. The molecule has 1 nitrogen and oxygen atoms in total. The monoisotopic (exact) mass is 112 g/mol. The molecule has 1 unspecified atom stereocenters. The van der Waals surface area contributed by atoms with Crippen LogP contribution in [0.15, 0.2) is 11.8 Å². The van der Waals surface area contributed by atoms with Crippen molar-refractivity contribution in [3.05, 3.63) is 11.8 Å². The van der Waals surface area contributed by atoms with Gasteiger partial charge in [-0.2, -0.15) is 0 Å². The molecule has 0 saturated heterocycles. The Hall–Kier alpha value is -0.460. The van der Waals surface area contributed by atoms with E-state index >= 15 is 0 Å². The Morgan fingerprint density at radius 1 is 1.88 bits per heavy atom. The molecule has 0 aromatic rings. The molecule has 0 bridgehead atoms. The van der Waals surface area contributed by atoms with Gasteiger partial charge in [0.2, 0.25) is 0 Å². The van der Waals surface area contributed by atoms with Gasteiger partial charge in [0.05, 0.1) is 5.76 Å². The molecule has 46 valence electrons. The Bertz CT molecular complexity index is 105. The van der Waals surface area contributed by atoms with E-state index in [2.05, 4.69) is 6.92 Å². The molecule has 0 fully saturated rings. The number of aliphatic hydroxyl groups excluding tert-OH is 1. The zero-order chi connectivity index (χ0) is 5.98. The SMILES string of the molecule is CCC1C=C(O)CC1. The lowest BCUT2D eigenvalue weighted by Gasteiger charge is -1.96. The van der Waals surface area contributed by atoms with E-state index in [1.165, 1.54) is 6.42 Å². The van der Waals surface area contributed by atoms with E-state index in [1.54, 1.807) is 0 Å². The van der Waals surface area contributed by atoms with Crippen LogP contribution in [0.25, 0.3) is 0 Å². The third-order valence-corrected chi connectivity index (χ3v) is 1.72. The number of hydrogen-bond donors (Lipinski definition) is 1. The van der Waals surface area contributed by atoms with Gasteiger partial charge in [0.25, 0.3) is 0 Å². The first kappa shape index (κ1) is 5.67. The summed E-state index contributed by atoms with van der Waals surface area (Å²) >= 11 is 0. The average Bonchev–Trinajstić information content (AvgIpc) is 2.14. The van der Waals surface area contributed by atoms with Crippen LogP contribution in [0.3, 0.4) is 0 Å². The lowest BCUT2D eigenvalue weighted by Crippen LogP contribution is -1.84. The van der Waals surface area contributed by atoms with Crippen LogP contribution in [0.4, 0.5) is 0 Å². The quantitative estimate of drug-likeness (QED) is 0.551. The van der Waals surface area contributed by atoms with Crippen molar-refractivity contribution >= 4 is 0 Å². The number of aliphatic hydroxyl groups is 1. The molecule has 1 aliphatic rings. The highest BCUT2D eigenvalue weighted by Crippen LogP contribution is 2.23. The Morgan fingerprint density at radius 3 is 2.88 bits per heavy atom. The third-order valence-electron chi connectivity index (χ3n) is 1.72. The molecular weight excluding hydrogens is 100 g/mol. The van der Waals surface area contributed by atoms with Gasteiger partial charge in [-0.15, -0.1) is 0 Å². The van der Waals surface area contributed by atoms with Crippen molar-refractivity contribution in [1.82, 2.24) is 0 Å². The average molecular weight is 112 g/mol. The number of rotatable bonds is 1. The predicted molar refractivity (Wildman–Crippen MR) is 33.7 cm³/mol. The first-order valence-corrected chi connectivity index (χ1v) is 3.22. The summed E-state index contributed by atoms with van der Waals surface area (Å²) in [5.41, 5.74) is 0. The summed E-state index contributed by atoms with van der Waals surface area (Å²) in [6, 6.07) is 0. The maximum atomic E-state index is 8.89. The van der Waals surface area contributed by atoms with Crippen molar-refractivity contribution in [2.75, 3.05) is 0 Å². The molecule has 0 amide bonds. The summed E-state index contributed by atoms with van der Waals surface area (Å²) in [6.07, 6.45) is 5.20. The highest BCUT2D eigenvalue weighted by Gasteiger charge is 2.11. The fraction of sp³-hybridized carbons (Fsp3) is 0.714. The van der Waals surface area contributed by atoms with Gasteiger partial charge in [-0.1, -0.05) is 6.92 Å². The van der Waals surface area contributed by atoms with E-state index in [0.717, 1.165) is 12.8 Å². The van der Waals surface area contributed by atoms with Crippen molar-refractivity contribution in [2.24, 2.45) is 5.92 Å². The second-order valence-corrected chi connectivity index (χ2v) is 2.37. The van der Waals surface area contributed by atoms with E-state index in [0.29, 0.717) is 11.7 Å². The minimum Gasteiger partial charge on any atom is -0.513 e. The molecule has 0 spiro atoms. The number of hydrogen-bond acceptors (Lipinski definition) is 1. The molecule has 0 heterocycles. The summed E-state index contributed by atoms with van der Waals surface area (Å²) in [6.45, 7) is 2.15. The van der Waals surface area contributed by atoms with Gasteiger partial charge in [-0.3, -0.25) is 0 Å². The van der Waals surface area contributed by atoms with Gasteiger partial charge in [0, 0.05) is 6.42 Å². The maximum Gasteiger partial charge on any atom is 0.0885 e. The van der Waals surface area contributed by atoms with Crippen molar-refractivity contribution < 1.29 is 5.11 Å². The molecule has 1 atom stereocenters. The van der Waals surface area contributed by atoms with Gasteiger partial charge in [0.1, 0.15) is 0 Å². The third kappa shape index (κ3) is 1.03. The first-order valence-electron chi connectivity index (χ1n) is 3.22. The van der Waals surface area contributed by atoms with E-state index < -0.39 is 0 Å². The molecule has 0 radical (unpaired) electrons. The molecule has 0 saturated carbocycles. The summed E-state index contributed by atoms with van der Waals surface area (Å²) in [5.74, 6) is 1.26. The van der Waals surface area contributed by atoms with Crippen molar-refractivity contribution in [1.29, 1.82) is 0 Å². The topological polar surface area (TPSA) is 20.2 Å². The van der Waals surface area contributed by atoms with Crippen LogP contribution in [0.5, 0.6) is 0 Å². The number of allylic oxidation sites excluding steroid dienone is 2. The van der Waals surface area contributed by atoms with Crippen LogP contribution in [-0.4, -0.2) is 5.11 Å². The lowest BCUT2D eigenvalue weighted by molar-refractivity contribution is 0.396. The van der Waals surface area contributed by atoms with Crippen LogP contribution in [0, 0.1) is 5.92 Å². The maximum absolute atomic E-state index is 8.89. The zero-order valence-corrected chi connectivity index (χ0v) is 5.22. The molecule has 1 rings (SSSR count). The van der Waals surface area contributed by atoms with Crippen LogP contribution in [0.1, 0.15) is 26.2 Å². The van der Waals surface area contributed by atoms with Gasteiger partial charge in [-0.25, -0.2) is 0 Å². The highest BCUT2D eigenvalue weighted by molar-refractivity contribution is 5.02. The standard InChI is InChI=1S/C7H12O/c1-2-6-3-4-7(8)5-6/h5-6,8H,2-4H2,1H3. The first-order chi connectivity index (χ1) is 3.83. The summed E-state index contributed by atoms with van der Waals surface area (Å²) in [4.78, 5) is 0.